The van der Waals surface area contributed by atoms with Gasteiger partial charge in [0.15, 0.2) is 0 Å². The Kier molecular flexibility index (Phi) is 6.91. The third-order valence-electron chi connectivity index (χ3n) is 6.41. The molecule has 8 heteroatoms. The zero-order valence-corrected chi connectivity index (χ0v) is 21.0. The summed E-state index contributed by atoms with van der Waals surface area (Å²) >= 11 is 0. The average molecular weight is 476 g/mol. The average Bonchev–Trinajstić information content (AvgIpc) is 3.15. The summed E-state index contributed by atoms with van der Waals surface area (Å²) in [6.45, 7) is 10.9. The minimum absolute atomic E-state index is 0.0160. The van der Waals surface area contributed by atoms with Gasteiger partial charge in [0.25, 0.3) is 11.5 Å². The summed E-state index contributed by atoms with van der Waals surface area (Å²) < 4.78 is 4.43. The SMILES string of the molecule is CCC(C)NC(=O)c1ccc2c(=O)n(CCC(C)C)c3nn(Cc4ccc(C)cc4)c(=O)n3c2c1. The molecule has 0 fully saturated rings. The van der Waals surface area contributed by atoms with Crippen LogP contribution in [0.1, 0.15) is 62.0 Å². The lowest BCUT2D eigenvalue weighted by atomic mass is 10.1. The lowest BCUT2D eigenvalue weighted by molar-refractivity contribution is 0.0939. The molecule has 8 nitrogen and oxygen atoms in total. The van der Waals surface area contributed by atoms with Crippen molar-refractivity contribution < 1.29 is 4.79 Å². The molecule has 4 rings (SSSR count). The summed E-state index contributed by atoms with van der Waals surface area (Å²) in [4.78, 5) is 39.8. The third kappa shape index (κ3) is 4.92. The zero-order chi connectivity index (χ0) is 25.3. The molecule has 2 aromatic heterocycles. The van der Waals surface area contributed by atoms with Crippen LogP contribution in [0.3, 0.4) is 0 Å². The molecule has 35 heavy (non-hydrogen) atoms. The molecule has 0 spiro atoms. The molecular weight excluding hydrogens is 442 g/mol. The number of carbonyl (C=O) groups is 1. The number of aromatic nitrogens is 4. The van der Waals surface area contributed by atoms with E-state index in [0.29, 0.717) is 34.7 Å². The van der Waals surface area contributed by atoms with Crippen molar-refractivity contribution in [2.75, 3.05) is 0 Å². The Labute approximate surface area is 204 Å². The number of fused-ring (bicyclic) bond motifs is 3. The second-order valence-corrected chi connectivity index (χ2v) is 9.72. The summed E-state index contributed by atoms with van der Waals surface area (Å²) in [6, 6.07) is 12.8. The molecule has 1 unspecified atom stereocenters. The van der Waals surface area contributed by atoms with Crippen LogP contribution in [0.5, 0.6) is 0 Å². The van der Waals surface area contributed by atoms with Crippen molar-refractivity contribution in [1.82, 2.24) is 24.1 Å². The van der Waals surface area contributed by atoms with Crippen LogP contribution in [-0.4, -0.2) is 30.7 Å². The molecule has 2 aromatic carbocycles. The Morgan fingerprint density at radius 1 is 1.06 bits per heavy atom. The molecule has 0 bridgehead atoms. The minimum atomic E-state index is -0.344. The van der Waals surface area contributed by atoms with Crippen molar-refractivity contribution in [2.45, 2.75) is 66.6 Å². The van der Waals surface area contributed by atoms with Gasteiger partial charge in [-0.05, 0) is 56.4 Å². The highest BCUT2D eigenvalue weighted by Crippen LogP contribution is 2.16. The van der Waals surface area contributed by atoms with Gasteiger partial charge in [-0.2, -0.15) is 0 Å². The fourth-order valence-electron chi connectivity index (χ4n) is 4.02. The van der Waals surface area contributed by atoms with Crippen LogP contribution in [0.25, 0.3) is 16.7 Å². The van der Waals surface area contributed by atoms with Crippen LogP contribution < -0.4 is 16.6 Å². The number of benzene rings is 2. The fourth-order valence-corrected chi connectivity index (χ4v) is 4.02. The van der Waals surface area contributed by atoms with Crippen LogP contribution in [0.4, 0.5) is 0 Å². The molecule has 0 radical (unpaired) electrons. The predicted octanol–water partition coefficient (Wildman–Crippen LogP) is 3.74. The molecule has 0 aliphatic rings. The summed E-state index contributed by atoms with van der Waals surface area (Å²) in [5, 5.41) is 7.92. The summed E-state index contributed by atoms with van der Waals surface area (Å²) in [7, 11) is 0. The molecule has 184 valence electrons. The molecule has 0 saturated carbocycles. The Hall–Kier alpha value is -3.68. The quantitative estimate of drug-likeness (QED) is 0.420. The standard InChI is InChI=1S/C27H33N5O3/c1-6-19(5)28-24(33)21-11-12-22-23(15-21)32-26(30(25(22)34)14-13-17(2)3)29-31(27(32)35)16-20-9-7-18(4)8-10-20/h7-12,15,17,19H,6,13-14,16H2,1-5H3,(H,28,33). The van der Waals surface area contributed by atoms with Gasteiger partial charge in [0.1, 0.15) is 0 Å². The molecule has 1 amide bonds. The number of nitrogens with zero attached hydrogens (tertiary/aromatic N) is 4. The van der Waals surface area contributed by atoms with Crippen molar-refractivity contribution >= 4 is 22.6 Å². The van der Waals surface area contributed by atoms with Crippen molar-refractivity contribution in [3.05, 3.63) is 80.0 Å². The lowest BCUT2D eigenvalue weighted by Gasteiger charge is -2.13. The number of rotatable bonds is 8. The highest BCUT2D eigenvalue weighted by atomic mass is 16.2. The summed E-state index contributed by atoms with van der Waals surface area (Å²) in [5.74, 6) is 0.434. The van der Waals surface area contributed by atoms with E-state index < -0.39 is 0 Å². The summed E-state index contributed by atoms with van der Waals surface area (Å²) in [6.07, 6.45) is 1.57. The van der Waals surface area contributed by atoms with Crippen LogP contribution in [0, 0.1) is 12.8 Å². The predicted molar refractivity (Wildman–Crippen MR) is 138 cm³/mol. The fraction of sp³-hybridized carbons (Fsp3) is 0.407. The lowest BCUT2D eigenvalue weighted by Crippen LogP contribution is -2.32. The van der Waals surface area contributed by atoms with Crippen molar-refractivity contribution in [3.8, 4) is 0 Å². The van der Waals surface area contributed by atoms with Crippen LogP contribution in [-0.2, 0) is 13.1 Å². The Balaban J connectivity index is 1.92. The smallest absolute Gasteiger partial charge is 0.350 e. The van der Waals surface area contributed by atoms with Gasteiger partial charge in [0.2, 0.25) is 5.78 Å². The first-order valence-corrected chi connectivity index (χ1v) is 12.2. The van der Waals surface area contributed by atoms with E-state index in [1.54, 1.807) is 22.8 Å². The van der Waals surface area contributed by atoms with E-state index in [9.17, 15) is 14.4 Å². The van der Waals surface area contributed by atoms with E-state index in [2.05, 4.69) is 24.3 Å². The normalized spacial score (nSPS) is 12.5. The zero-order valence-electron chi connectivity index (χ0n) is 21.0. The maximum absolute atomic E-state index is 13.6. The molecule has 0 aliphatic heterocycles. The molecule has 1 atom stereocenters. The largest absolute Gasteiger partial charge is 0.352 e. The Morgan fingerprint density at radius 3 is 2.43 bits per heavy atom. The van der Waals surface area contributed by atoms with Crippen LogP contribution >= 0.6 is 0 Å². The second kappa shape index (κ2) is 9.90. The maximum atomic E-state index is 13.6. The Bertz CT molecular complexity index is 1490. The highest BCUT2D eigenvalue weighted by molar-refractivity contribution is 5.98. The van der Waals surface area contributed by atoms with Crippen molar-refractivity contribution in [2.24, 2.45) is 5.92 Å². The number of hydrogen-bond acceptors (Lipinski definition) is 4. The number of nitrogens with one attached hydrogen (secondary N) is 1. The van der Waals surface area contributed by atoms with Gasteiger partial charge in [-0.25, -0.2) is 13.9 Å². The van der Waals surface area contributed by atoms with Crippen molar-refractivity contribution in [1.29, 1.82) is 0 Å². The van der Waals surface area contributed by atoms with Gasteiger partial charge < -0.3 is 5.32 Å². The van der Waals surface area contributed by atoms with Crippen LogP contribution in [0.2, 0.25) is 0 Å². The molecule has 0 saturated heterocycles. The number of aryl methyl sites for hydroxylation is 2. The monoisotopic (exact) mass is 475 g/mol. The van der Waals surface area contributed by atoms with E-state index in [4.69, 9.17) is 0 Å². The van der Waals surface area contributed by atoms with E-state index in [-0.39, 0.29) is 29.7 Å². The number of hydrogen-bond donors (Lipinski definition) is 1. The maximum Gasteiger partial charge on any atom is 0.352 e. The van der Waals surface area contributed by atoms with Gasteiger partial charge in [0, 0.05) is 18.2 Å². The van der Waals surface area contributed by atoms with Gasteiger partial charge in [0.05, 0.1) is 17.4 Å². The highest BCUT2D eigenvalue weighted by Gasteiger charge is 2.19. The van der Waals surface area contributed by atoms with E-state index in [1.807, 2.05) is 45.0 Å². The van der Waals surface area contributed by atoms with E-state index in [1.165, 1.54) is 9.08 Å². The van der Waals surface area contributed by atoms with Gasteiger partial charge >= 0.3 is 5.69 Å². The molecule has 4 aromatic rings. The second-order valence-electron chi connectivity index (χ2n) is 9.72. The minimum Gasteiger partial charge on any atom is -0.350 e. The Morgan fingerprint density at radius 2 is 1.77 bits per heavy atom. The third-order valence-corrected chi connectivity index (χ3v) is 6.41. The molecule has 0 aliphatic carbocycles. The first kappa shape index (κ1) is 24.4. The topological polar surface area (TPSA) is 90.4 Å². The van der Waals surface area contributed by atoms with Gasteiger partial charge in [-0.3, -0.25) is 14.2 Å². The summed E-state index contributed by atoms with van der Waals surface area (Å²) in [5.41, 5.74) is 2.31. The first-order chi connectivity index (χ1) is 16.7. The van der Waals surface area contributed by atoms with Gasteiger partial charge in [-0.15, -0.1) is 5.10 Å². The molecule has 1 N–H and O–H groups in total. The first-order valence-electron chi connectivity index (χ1n) is 12.2. The molecular formula is C27H33N5O3. The van der Waals surface area contributed by atoms with E-state index in [0.717, 1.165) is 24.0 Å². The van der Waals surface area contributed by atoms with Crippen LogP contribution in [0.15, 0.2) is 52.1 Å². The van der Waals surface area contributed by atoms with Gasteiger partial charge in [-0.1, -0.05) is 50.6 Å². The number of amides is 1. The number of carbonyl (C=O) groups excluding carboxylic acids is 1. The van der Waals surface area contributed by atoms with Crippen molar-refractivity contribution in [3.63, 3.8) is 0 Å². The molecule has 2 heterocycles. The van der Waals surface area contributed by atoms with E-state index >= 15 is 0 Å².